The van der Waals surface area contributed by atoms with Gasteiger partial charge < -0.3 is 19.7 Å². The van der Waals surface area contributed by atoms with Crippen molar-refractivity contribution in [2.45, 2.75) is 19.4 Å². The number of carbonyl (C=O) groups excluding carboxylic acids is 1. The molecule has 2 aromatic heterocycles. The van der Waals surface area contributed by atoms with E-state index >= 15 is 0 Å². The first kappa shape index (κ1) is 18.7. The van der Waals surface area contributed by atoms with Crippen molar-refractivity contribution in [2.75, 3.05) is 13.7 Å². The van der Waals surface area contributed by atoms with E-state index in [1.54, 1.807) is 24.8 Å². The van der Waals surface area contributed by atoms with Gasteiger partial charge in [-0.2, -0.15) is 0 Å². The molecule has 0 aliphatic carbocycles. The Hall–Kier alpha value is -3.13. The van der Waals surface area contributed by atoms with Crippen LogP contribution in [0.3, 0.4) is 0 Å². The van der Waals surface area contributed by atoms with Crippen LogP contribution in [-0.2, 0) is 7.05 Å². The van der Waals surface area contributed by atoms with Gasteiger partial charge in [-0.05, 0) is 30.7 Å². The highest BCUT2D eigenvalue weighted by Crippen LogP contribution is 2.21. The minimum atomic E-state index is -0.611. The second kappa shape index (κ2) is 7.63. The maximum atomic E-state index is 12.7. The molecule has 0 bridgehead atoms. The first-order valence-electron chi connectivity index (χ1n) is 8.64. The first-order chi connectivity index (χ1) is 12.9. The number of amides is 1. The molecule has 0 radical (unpaired) electrons. The van der Waals surface area contributed by atoms with Crippen molar-refractivity contribution in [2.24, 2.45) is 7.05 Å². The number of rotatable bonds is 6. The van der Waals surface area contributed by atoms with Crippen molar-refractivity contribution in [3.05, 3.63) is 52.7 Å². The molecule has 0 aliphatic rings. The monoisotopic (exact) mass is 370 g/mol. The van der Waals surface area contributed by atoms with E-state index in [2.05, 4.69) is 10.3 Å². The molecule has 142 valence electrons. The van der Waals surface area contributed by atoms with Crippen molar-refractivity contribution < 1.29 is 14.6 Å². The third kappa shape index (κ3) is 3.70. The predicted molar refractivity (Wildman–Crippen MR) is 101 cm³/mol. The standard InChI is InChI=1S/C19H22N4O4/c1-4-13(24)9-20-18(25)15-10-23-11-16(22(2)19(26)17(23)21-15)12-5-7-14(27-3)8-6-12/h5-8,10-11,13,24H,4,9H2,1-3H3,(H,20,25)/t13-/m0/s1. The Labute approximate surface area is 156 Å². The number of ether oxygens (including phenoxy) is 1. The van der Waals surface area contributed by atoms with E-state index in [-0.39, 0.29) is 23.4 Å². The lowest BCUT2D eigenvalue weighted by atomic mass is 10.1. The smallest absolute Gasteiger partial charge is 0.294 e. The van der Waals surface area contributed by atoms with Crippen LogP contribution >= 0.6 is 0 Å². The number of fused-ring (bicyclic) bond motifs is 1. The van der Waals surface area contributed by atoms with Crippen LogP contribution in [0.2, 0.25) is 0 Å². The Morgan fingerprint density at radius 1 is 1.30 bits per heavy atom. The normalized spacial score (nSPS) is 12.1. The molecule has 0 unspecified atom stereocenters. The summed E-state index contributed by atoms with van der Waals surface area (Å²) in [5, 5.41) is 12.2. The quantitative estimate of drug-likeness (QED) is 0.680. The Morgan fingerprint density at radius 2 is 2.00 bits per heavy atom. The van der Waals surface area contributed by atoms with E-state index in [1.807, 2.05) is 31.2 Å². The second-order valence-corrected chi connectivity index (χ2v) is 6.24. The Morgan fingerprint density at radius 3 is 2.63 bits per heavy atom. The topological polar surface area (TPSA) is 97.9 Å². The minimum absolute atomic E-state index is 0.127. The van der Waals surface area contributed by atoms with Gasteiger partial charge in [0.2, 0.25) is 5.65 Å². The van der Waals surface area contributed by atoms with E-state index in [0.29, 0.717) is 12.1 Å². The number of aliphatic hydroxyl groups is 1. The SMILES string of the molecule is CC[C@H](O)CNC(=O)c1cn2cc(-c3ccc(OC)cc3)n(C)c(=O)c2n1. The highest BCUT2D eigenvalue weighted by molar-refractivity contribution is 5.92. The zero-order valence-corrected chi connectivity index (χ0v) is 15.5. The van der Waals surface area contributed by atoms with E-state index in [9.17, 15) is 14.7 Å². The number of carbonyl (C=O) groups is 1. The number of methoxy groups -OCH3 is 1. The summed E-state index contributed by atoms with van der Waals surface area (Å²) in [5.41, 5.74) is 1.50. The van der Waals surface area contributed by atoms with Gasteiger partial charge in [-0.15, -0.1) is 0 Å². The van der Waals surface area contributed by atoms with E-state index < -0.39 is 12.0 Å². The van der Waals surface area contributed by atoms with Crippen molar-refractivity contribution in [3.63, 3.8) is 0 Å². The zero-order valence-electron chi connectivity index (χ0n) is 15.5. The van der Waals surface area contributed by atoms with Crippen LogP contribution in [0.15, 0.2) is 41.5 Å². The molecule has 2 N–H and O–H groups in total. The lowest BCUT2D eigenvalue weighted by Crippen LogP contribution is -2.31. The minimum Gasteiger partial charge on any atom is -0.497 e. The summed E-state index contributed by atoms with van der Waals surface area (Å²) in [6.07, 6.45) is 3.19. The summed E-state index contributed by atoms with van der Waals surface area (Å²) in [4.78, 5) is 29.1. The summed E-state index contributed by atoms with van der Waals surface area (Å²) in [6, 6.07) is 7.35. The third-order valence-corrected chi connectivity index (χ3v) is 4.44. The Kier molecular flexibility index (Phi) is 5.27. The van der Waals surface area contributed by atoms with Gasteiger partial charge in [-0.3, -0.25) is 14.0 Å². The summed E-state index contributed by atoms with van der Waals surface area (Å²) >= 11 is 0. The Bertz CT molecular complexity index is 1020. The largest absolute Gasteiger partial charge is 0.497 e. The molecule has 0 saturated heterocycles. The maximum Gasteiger partial charge on any atom is 0.294 e. The first-order valence-corrected chi connectivity index (χ1v) is 8.64. The van der Waals surface area contributed by atoms with Crippen LogP contribution in [0, 0.1) is 0 Å². The van der Waals surface area contributed by atoms with E-state index in [4.69, 9.17) is 4.74 Å². The lowest BCUT2D eigenvalue weighted by Gasteiger charge is -2.09. The van der Waals surface area contributed by atoms with Crippen LogP contribution in [0.5, 0.6) is 5.75 Å². The number of aromatic nitrogens is 3. The van der Waals surface area contributed by atoms with Crippen LogP contribution in [0.25, 0.3) is 16.9 Å². The fourth-order valence-corrected chi connectivity index (χ4v) is 2.71. The Balaban J connectivity index is 1.98. The number of benzene rings is 1. The molecular formula is C19H22N4O4. The summed E-state index contributed by atoms with van der Waals surface area (Å²) in [5.74, 6) is 0.292. The van der Waals surface area contributed by atoms with Gasteiger partial charge >= 0.3 is 0 Å². The second-order valence-electron chi connectivity index (χ2n) is 6.24. The summed E-state index contributed by atoms with van der Waals surface area (Å²) in [6.45, 7) is 1.96. The van der Waals surface area contributed by atoms with Gasteiger partial charge in [0.05, 0.1) is 18.9 Å². The van der Waals surface area contributed by atoms with Crippen LogP contribution < -0.4 is 15.6 Å². The maximum absolute atomic E-state index is 12.7. The van der Waals surface area contributed by atoms with Gasteiger partial charge in [-0.25, -0.2) is 4.98 Å². The molecule has 27 heavy (non-hydrogen) atoms. The number of hydrogen-bond donors (Lipinski definition) is 2. The average molecular weight is 370 g/mol. The zero-order chi connectivity index (χ0) is 19.6. The highest BCUT2D eigenvalue weighted by Gasteiger charge is 2.16. The number of hydrogen-bond acceptors (Lipinski definition) is 5. The molecule has 3 aromatic rings. The third-order valence-electron chi connectivity index (χ3n) is 4.44. The molecule has 8 nitrogen and oxygen atoms in total. The molecule has 3 rings (SSSR count). The van der Waals surface area contributed by atoms with Gasteiger partial charge in [0.25, 0.3) is 11.5 Å². The van der Waals surface area contributed by atoms with Crippen LogP contribution in [0.1, 0.15) is 23.8 Å². The molecule has 0 spiro atoms. The van der Waals surface area contributed by atoms with Crippen LogP contribution in [0.4, 0.5) is 0 Å². The number of nitrogens with zero attached hydrogens (tertiary/aromatic N) is 3. The van der Waals surface area contributed by atoms with Gasteiger partial charge in [0.15, 0.2) is 0 Å². The van der Waals surface area contributed by atoms with Crippen molar-refractivity contribution >= 4 is 11.6 Å². The summed E-state index contributed by atoms with van der Waals surface area (Å²) in [7, 11) is 3.25. The van der Waals surface area contributed by atoms with Gasteiger partial charge in [0.1, 0.15) is 11.4 Å². The number of nitrogens with one attached hydrogen (secondary N) is 1. The molecule has 1 atom stereocenters. The van der Waals surface area contributed by atoms with Crippen molar-refractivity contribution in [1.29, 1.82) is 0 Å². The van der Waals surface area contributed by atoms with Gasteiger partial charge in [-0.1, -0.05) is 6.92 Å². The molecular weight excluding hydrogens is 348 g/mol. The molecule has 1 aromatic carbocycles. The van der Waals surface area contributed by atoms with E-state index in [0.717, 1.165) is 11.3 Å². The molecule has 2 heterocycles. The molecule has 0 fully saturated rings. The van der Waals surface area contributed by atoms with Crippen molar-refractivity contribution in [3.8, 4) is 17.0 Å². The molecule has 0 saturated carbocycles. The number of imidazole rings is 1. The predicted octanol–water partition coefficient (Wildman–Crippen LogP) is 1.21. The lowest BCUT2D eigenvalue weighted by molar-refractivity contribution is 0.0909. The molecule has 1 amide bonds. The van der Waals surface area contributed by atoms with E-state index in [1.165, 1.54) is 10.8 Å². The molecule has 0 aliphatic heterocycles. The average Bonchev–Trinajstić information content (AvgIpc) is 3.13. The molecule has 8 heteroatoms. The van der Waals surface area contributed by atoms with Crippen molar-refractivity contribution in [1.82, 2.24) is 19.3 Å². The fraction of sp³-hybridized carbons (Fsp3) is 0.316. The van der Waals surface area contributed by atoms with Gasteiger partial charge in [0, 0.05) is 31.5 Å². The highest BCUT2D eigenvalue weighted by atomic mass is 16.5. The fourth-order valence-electron chi connectivity index (χ4n) is 2.71. The van der Waals surface area contributed by atoms with Crippen LogP contribution in [-0.4, -0.2) is 44.7 Å². The summed E-state index contributed by atoms with van der Waals surface area (Å²) < 4.78 is 8.20. The number of aliphatic hydroxyl groups excluding tert-OH is 1.